The SMILES string of the molecule is CC1=C(C(=O)N2CCOCC2)[C@@H](c2ccc(F)cc2F)NC(=O)N1c1ccccc1. The van der Waals surface area contributed by atoms with E-state index in [1.165, 1.54) is 11.0 Å². The molecule has 0 spiro atoms. The van der Waals surface area contributed by atoms with Gasteiger partial charge in [0.05, 0.1) is 30.5 Å². The van der Waals surface area contributed by atoms with E-state index in [1.807, 2.05) is 6.07 Å². The van der Waals surface area contributed by atoms with Gasteiger partial charge in [-0.15, -0.1) is 0 Å². The van der Waals surface area contributed by atoms with E-state index in [0.717, 1.165) is 12.1 Å². The smallest absolute Gasteiger partial charge is 0.327 e. The fraction of sp³-hybridized carbons (Fsp3) is 0.273. The number of para-hydroxylation sites is 1. The average molecular weight is 413 g/mol. The van der Waals surface area contributed by atoms with Crippen LogP contribution in [0, 0.1) is 11.6 Å². The third-order valence-corrected chi connectivity index (χ3v) is 5.30. The zero-order chi connectivity index (χ0) is 21.3. The molecule has 30 heavy (non-hydrogen) atoms. The molecule has 0 radical (unpaired) electrons. The number of hydrogen-bond donors (Lipinski definition) is 1. The molecule has 3 amide bonds. The Morgan fingerprint density at radius 2 is 1.80 bits per heavy atom. The lowest BCUT2D eigenvalue weighted by molar-refractivity contribution is -0.131. The van der Waals surface area contributed by atoms with Gasteiger partial charge in [-0.2, -0.15) is 0 Å². The van der Waals surface area contributed by atoms with Gasteiger partial charge >= 0.3 is 6.03 Å². The van der Waals surface area contributed by atoms with Crippen molar-refractivity contribution in [1.82, 2.24) is 10.2 Å². The molecular weight excluding hydrogens is 392 g/mol. The zero-order valence-corrected chi connectivity index (χ0v) is 16.4. The molecule has 1 fully saturated rings. The summed E-state index contributed by atoms with van der Waals surface area (Å²) in [6.07, 6.45) is 0. The maximum absolute atomic E-state index is 14.6. The van der Waals surface area contributed by atoms with Crippen LogP contribution in [-0.2, 0) is 9.53 Å². The minimum Gasteiger partial charge on any atom is -0.378 e. The number of urea groups is 1. The lowest BCUT2D eigenvalue weighted by atomic mass is 9.93. The van der Waals surface area contributed by atoms with Crippen molar-refractivity contribution in [2.75, 3.05) is 31.2 Å². The molecule has 2 aromatic carbocycles. The number of nitrogens with zero attached hydrogens (tertiary/aromatic N) is 2. The van der Waals surface area contributed by atoms with Crippen molar-refractivity contribution in [2.24, 2.45) is 0 Å². The summed E-state index contributed by atoms with van der Waals surface area (Å²) in [4.78, 5) is 29.4. The molecule has 0 aromatic heterocycles. The first-order chi connectivity index (χ1) is 14.5. The average Bonchev–Trinajstić information content (AvgIpc) is 2.74. The van der Waals surface area contributed by atoms with E-state index in [4.69, 9.17) is 4.74 Å². The van der Waals surface area contributed by atoms with Gasteiger partial charge < -0.3 is 15.0 Å². The third kappa shape index (κ3) is 3.66. The molecule has 1 saturated heterocycles. The van der Waals surface area contributed by atoms with E-state index in [1.54, 1.807) is 36.1 Å². The quantitative estimate of drug-likeness (QED) is 0.839. The van der Waals surface area contributed by atoms with Gasteiger partial charge in [0.15, 0.2) is 0 Å². The van der Waals surface area contributed by atoms with Crippen LogP contribution in [0.15, 0.2) is 59.8 Å². The summed E-state index contributed by atoms with van der Waals surface area (Å²) in [5, 5.41) is 2.73. The molecule has 1 N–H and O–H groups in total. The van der Waals surface area contributed by atoms with Crippen molar-refractivity contribution in [3.8, 4) is 0 Å². The summed E-state index contributed by atoms with van der Waals surface area (Å²) in [7, 11) is 0. The van der Waals surface area contributed by atoms with Crippen LogP contribution in [0.4, 0.5) is 19.3 Å². The Hall–Kier alpha value is -3.26. The second kappa shape index (κ2) is 8.23. The number of nitrogens with one attached hydrogen (secondary N) is 1. The van der Waals surface area contributed by atoms with Crippen LogP contribution in [0.2, 0.25) is 0 Å². The van der Waals surface area contributed by atoms with E-state index >= 15 is 0 Å². The Morgan fingerprint density at radius 1 is 1.10 bits per heavy atom. The Bertz CT molecular complexity index is 1000. The Morgan fingerprint density at radius 3 is 2.47 bits per heavy atom. The molecule has 0 aliphatic carbocycles. The maximum atomic E-state index is 14.6. The van der Waals surface area contributed by atoms with E-state index in [9.17, 15) is 18.4 Å². The molecule has 2 aromatic rings. The Kier molecular flexibility index (Phi) is 5.50. The first-order valence-corrected chi connectivity index (χ1v) is 9.66. The predicted octanol–water partition coefficient (Wildman–Crippen LogP) is 3.37. The summed E-state index contributed by atoms with van der Waals surface area (Å²) in [5.74, 6) is -1.87. The van der Waals surface area contributed by atoms with Crippen LogP contribution in [0.5, 0.6) is 0 Å². The molecule has 2 aliphatic rings. The van der Waals surface area contributed by atoms with Crippen molar-refractivity contribution in [2.45, 2.75) is 13.0 Å². The first kappa shape index (κ1) is 20.0. The van der Waals surface area contributed by atoms with Crippen molar-refractivity contribution >= 4 is 17.6 Å². The van der Waals surface area contributed by atoms with E-state index in [0.29, 0.717) is 37.7 Å². The van der Waals surface area contributed by atoms with Crippen molar-refractivity contribution in [3.05, 3.63) is 77.0 Å². The van der Waals surface area contributed by atoms with Crippen LogP contribution in [0.25, 0.3) is 0 Å². The number of hydrogen-bond acceptors (Lipinski definition) is 3. The van der Waals surface area contributed by atoms with Crippen molar-refractivity contribution in [3.63, 3.8) is 0 Å². The number of benzene rings is 2. The molecule has 156 valence electrons. The molecule has 1 atom stereocenters. The molecule has 4 rings (SSSR count). The lowest BCUT2D eigenvalue weighted by Crippen LogP contribution is -2.51. The summed E-state index contributed by atoms with van der Waals surface area (Å²) < 4.78 is 33.4. The maximum Gasteiger partial charge on any atom is 0.327 e. The van der Waals surface area contributed by atoms with Crippen LogP contribution in [0.3, 0.4) is 0 Å². The third-order valence-electron chi connectivity index (χ3n) is 5.30. The number of allylic oxidation sites excluding steroid dienone is 1. The van der Waals surface area contributed by atoms with Gasteiger partial charge in [0, 0.05) is 30.4 Å². The largest absolute Gasteiger partial charge is 0.378 e. The Labute approximate surface area is 172 Å². The normalized spacial score (nSPS) is 19.7. The number of halogens is 2. The fourth-order valence-corrected chi connectivity index (χ4v) is 3.81. The Balaban J connectivity index is 1.84. The number of ether oxygens (including phenoxy) is 1. The highest BCUT2D eigenvalue weighted by Gasteiger charge is 2.39. The summed E-state index contributed by atoms with van der Waals surface area (Å²) in [6.45, 7) is 3.26. The van der Waals surface area contributed by atoms with Gasteiger partial charge in [-0.05, 0) is 25.1 Å². The minimum absolute atomic E-state index is 0.0356. The molecule has 0 saturated carbocycles. The number of anilines is 1. The summed E-state index contributed by atoms with van der Waals surface area (Å²) >= 11 is 0. The van der Waals surface area contributed by atoms with Crippen molar-refractivity contribution < 1.29 is 23.1 Å². The molecule has 2 heterocycles. The lowest BCUT2D eigenvalue weighted by Gasteiger charge is -2.38. The topological polar surface area (TPSA) is 61.9 Å². The van der Waals surface area contributed by atoms with Gasteiger partial charge in [-0.3, -0.25) is 9.69 Å². The molecule has 6 nitrogen and oxygen atoms in total. The number of amides is 3. The standard InChI is InChI=1S/C22H21F2N3O3/c1-14-19(21(28)26-9-11-30-12-10-26)20(17-8-7-15(23)13-18(17)24)25-22(29)27(14)16-5-3-2-4-6-16/h2-8,13,20H,9-12H2,1H3,(H,25,29)/t20-/m1/s1. The first-order valence-electron chi connectivity index (χ1n) is 9.66. The van der Waals surface area contributed by atoms with Crippen molar-refractivity contribution in [1.29, 1.82) is 0 Å². The summed E-state index contributed by atoms with van der Waals surface area (Å²) in [5.41, 5.74) is 1.26. The number of rotatable bonds is 3. The van der Waals surface area contributed by atoms with Gasteiger partial charge in [-0.1, -0.05) is 24.3 Å². The van der Waals surface area contributed by atoms with E-state index in [-0.39, 0.29) is 17.0 Å². The highest BCUT2D eigenvalue weighted by Crippen LogP contribution is 2.35. The van der Waals surface area contributed by atoms with Crippen LogP contribution < -0.4 is 10.2 Å². The number of morpholine rings is 1. The fourth-order valence-electron chi connectivity index (χ4n) is 3.81. The molecular formula is C22H21F2N3O3. The second-order valence-corrected chi connectivity index (χ2v) is 7.12. The highest BCUT2D eigenvalue weighted by atomic mass is 19.1. The monoisotopic (exact) mass is 413 g/mol. The van der Waals surface area contributed by atoms with Gasteiger partial charge in [0.25, 0.3) is 5.91 Å². The molecule has 2 aliphatic heterocycles. The minimum atomic E-state index is -1.03. The van der Waals surface area contributed by atoms with Gasteiger partial charge in [0.1, 0.15) is 11.6 Å². The number of carbonyl (C=O) groups is 2. The van der Waals surface area contributed by atoms with Crippen LogP contribution in [-0.4, -0.2) is 43.1 Å². The van der Waals surface area contributed by atoms with E-state index in [2.05, 4.69) is 5.32 Å². The molecule has 0 unspecified atom stereocenters. The van der Waals surface area contributed by atoms with Crippen LogP contribution in [0.1, 0.15) is 18.5 Å². The summed E-state index contributed by atoms with van der Waals surface area (Å²) in [6, 6.07) is 10.5. The second-order valence-electron chi connectivity index (χ2n) is 7.12. The van der Waals surface area contributed by atoms with Gasteiger partial charge in [0.2, 0.25) is 0 Å². The van der Waals surface area contributed by atoms with E-state index < -0.39 is 23.7 Å². The molecule has 8 heteroatoms. The van der Waals surface area contributed by atoms with Crippen LogP contribution >= 0.6 is 0 Å². The zero-order valence-electron chi connectivity index (χ0n) is 16.4. The number of carbonyl (C=O) groups excluding carboxylic acids is 2. The molecule has 0 bridgehead atoms. The predicted molar refractivity (Wildman–Crippen MR) is 107 cm³/mol. The van der Waals surface area contributed by atoms with Gasteiger partial charge in [-0.25, -0.2) is 13.6 Å². The highest BCUT2D eigenvalue weighted by molar-refractivity contribution is 6.04.